The summed E-state index contributed by atoms with van der Waals surface area (Å²) in [5, 5.41) is 17.6. The molecule has 1 aromatic carbocycles. The fourth-order valence-electron chi connectivity index (χ4n) is 3.27. The predicted molar refractivity (Wildman–Crippen MR) is 91.7 cm³/mol. The summed E-state index contributed by atoms with van der Waals surface area (Å²) in [6, 6.07) is 7.79. The largest absolute Gasteiger partial charge is 0.481 e. The van der Waals surface area contributed by atoms with Crippen LogP contribution in [0.5, 0.6) is 0 Å². The van der Waals surface area contributed by atoms with E-state index in [-0.39, 0.29) is 18.1 Å². The Morgan fingerprint density at radius 2 is 2.04 bits per heavy atom. The molecule has 132 valence electrons. The minimum absolute atomic E-state index is 0.192. The molecule has 3 rings (SSSR count). The summed E-state index contributed by atoms with van der Waals surface area (Å²) in [6.07, 6.45) is 1.24. The molecular weight excluding hydrogens is 320 g/mol. The van der Waals surface area contributed by atoms with Crippen LogP contribution in [0.4, 0.5) is 0 Å². The summed E-state index contributed by atoms with van der Waals surface area (Å²) >= 11 is 0. The van der Waals surface area contributed by atoms with Crippen LogP contribution in [0.25, 0.3) is 5.69 Å². The van der Waals surface area contributed by atoms with Gasteiger partial charge in [-0.05, 0) is 51.3 Å². The zero-order valence-electron chi connectivity index (χ0n) is 14.7. The van der Waals surface area contributed by atoms with Crippen LogP contribution < -0.4 is 0 Å². The molecule has 1 aliphatic rings. The van der Waals surface area contributed by atoms with Gasteiger partial charge in [0.05, 0.1) is 16.8 Å². The maximum Gasteiger partial charge on any atom is 0.311 e. The minimum Gasteiger partial charge on any atom is -0.481 e. The Morgan fingerprint density at radius 3 is 2.72 bits per heavy atom. The fourth-order valence-corrected chi connectivity index (χ4v) is 3.27. The molecule has 7 heteroatoms. The van der Waals surface area contributed by atoms with Gasteiger partial charge in [0.1, 0.15) is 0 Å². The van der Waals surface area contributed by atoms with Crippen molar-refractivity contribution in [3.05, 3.63) is 41.2 Å². The Bertz CT molecular complexity index is 829. The molecule has 7 nitrogen and oxygen atoms in total. The van der Waals surface area contributed by atoms with Crippen molar-refractivity contribution in [3.63, 3.8) is 0 Å². The summed E-state index contributed by atoms with van der Waals surface area (Å²) in [5.74, 6) is -1.13. The summed E-state index contributed by atoms with van der Waals surface area (Å²) in [6.45, 7) is 6.21. The quantitative estimate of drug-likeness (QED) is 0.924. The van der Waals surface area contributed by atoms with E-state index in [1.165, 1.54) is 0 Å². The third-order valence-electron chi connectivity index (χ3n) is 4.84. The highest BCUT2D eigenvalue weighted by molar-refractivity contribution is 5.94. The average molecular weight is 342 g/mol. The van der Waals surface area contributed by atoms with Crippen molar-refractivity contribution < 1.29 is 14.7 Å². The molecule has 0 bridgehead atoms. The topological polar surface area (TPSA) is 88.3 Å². The van der Waals surface area contributed by atoms with Crippen LogP contribution in [0.15, 0.2) is 24.3 Å². The number of hydrogen-bond acceptors (Lipinski definition) is 4. The van der Waals surface area contributed by atoms with E-state index < -0.39 is 11.4 Å². The summed E-state index contributed by atoms with van der Waals surface area (Å²) in [4.78, 5) is 25.9. The molecule has 1 amide bonds. The van der Waals surface area contributed by atoms with Crippen LogP contribution in [-0.4, -0.2) is 50.0 Å². The number of aromatic nitrogens is 3. The maximum absolute atomic E-state index is 12.9. The highest BCUT2D eigenvalue weighted by atomic mass is 16.4. The summed E-state index contributed by atoms with van der Waals surface area (Å²) in [5.41, 5.74) is 1.95. The lowest BCUT2D eigenvalue weighted by Crippen LogP contribution is -2.48. The van der Waals surface area contributed by atoms with Gasteiger partial charge in [-0.3, -0.25) is 9.59 Å². The Balaban J connectivity index is 1.87. The number of likely N-dealkylation sites (tertiary alicyclic amines) is 1. The molecule has 2 aromatic rings. The third-order valence-corrected chi connectivity index (χ3v) is 4.84. The van der Waals surface area contributed by atoms with Gasteiger partial charge in [0, 0.05) is 13.1 Å². The molecule has 1 aromatic heterocycles. The van der Waals surface area contributed by atoms with Crippen LogP contribution in [0.3, 0.4) is 0 Å². The molecule has 2 heterocycles. The lowest BCUT2D eigenvalue weighted by Gasteiger charge is -2.37. The lowest BCUT2D eigenvalue weighted by molar-refractivity contribution is -0.150. The fraction of sp³-hybridized carbons (Fsp3) is 0.444. The SMILES string of the molecule is Cc1cccc(-n2nnc(C(=O)N3CCCC(C)(C(=O)O)C3)c2C)c1. The first-order chi connectivity index (χ1) is 11.8. The van der Waals surface area contributed by atoms with Crippen molar-refractivity contribution in [3.8, 4) is 5.69 Å². The zero-order valence-corrected chi connectivity index (χ0v) is 14.7. The second-order valence-corrected chi connectivity index (χ2v) is 6.97. The lowest BCUT2D eigenvalue weighted by atomic mass is 9.82. The van der Waals surface area contributed by atoms with Crippen molar-refractivity contribution in [1.29, 1.82) is 0 Å². The Hall–Kier alpha value is -2.70. The number of carbonyl (C=O) groups excluding carboxylic acids is 1. The number of piperidine rings is 1. The standard InChI is InChI=1S/C18H22N4O3/c1-12-6-4-7-14(10-12)22-13(2)15(19-20-22)16(23)21-9-5-8-18(3,11-21)17(24)25/h4,6-7,10H,5,8-9,11H2,1-3H3,(H,24,25). The first-order valence-electron chi connectivity index (χ1n) is 8.34. The molecule has 0 aliphatic carbocycles. The van der Waals surface area contributed by atoms with Gasteiger partial charge < -0.3 is 10.0 Å². The molecule has 1 saturated heterocycles. The normalized spacial score (nSPS) is 20.5. The minimum atomic E-state index is -0.908. The molecule has 1 atom stereocenters. The van der Waals surface area contributed by atoms with E-state index in [9.17, 15) is 14.7 Å². The van der Waals surface area contributed by atoms with Gasteiger partial charge in [-0.2, -0.15) is 0 Å². The van der Waals surface area contributed by atoms with Crippen LogP contribution in [-0.2, 0) is 4.79 Å². The molecule has 0 saturated carbocycles. The Kier molecular flexibility index (Phi) is 4.32. The Labute approximate surface area is 146 Å². The number of aliphatic carboxylic acids is 1. The number of amides is 1. The molecule has 0 radical (unpaired) electrons. The van der Waals surface area contributed by atoms with Gasteiger partial charge in [0.15, 0.2) is 5.69 Å². The van der Waals surface area contributed by atoms with E-state index in [0.717, 1.165) is 11.3 Å². The number of carbonyl (C=O) groups is 2. The monoisotopic (exact) mass is 342 g/mol. The highest BCUT2D eigenvalue weighted by Crippen LogP contribution is 2.30. The molecule has 0 spiro atoms. The van der Waals surface area contributed by atoms with E-state index in [2.05, 4.69) is 10.3 Å². The highest BCUT2D eigenvalue weighted by Gasteiger charge is 2.40. The number of benzene rings is 1. The van der Waals surface area contributed by atoms with Gasteiger partial charge in [-0.15, -0.1) is 5.10 Å². The molecular formula is C18H22N4O3. The average Bonchev–Trinajstić information content (AvgIpc) is 2.95. The number of nitrogens with zero attached hydrogens (tertiary/aromatic N) is 4. The van der Waals surface area contributed by atoms with Crippen LogP contribution >= 0.6 is 0 Å². The number of carboxylic acids is 1. The number of aryl methyl sites for hydroxylation is 1. The molecule has 25 heavy (non-hydrogen) atoms. The molecule has 1 aliphatic heterocycles. The van der Waals surface area contributed by atoms with Gasteiger partial charge in [0.25, 0.3) is 5.91 Å². The van der Waals surface area contributed by atoms with Crippen molar-refractivity contribution >= 4 is 11.9 Å². The van der Waals surface area contributed by atoms with Crippen molar-refractivity contribution in [2.75, 3.05) is 13.1 Å². The zero-order chi connectivity index (χ0) is 18.2. The third kappa shape index (κ3) is 3.14. The second-order valence-electron chi connectivity index (χ2n) is 6.97. The van der Waals surface area contributed by atoms with Crippen molar-refractivity contribution in [1.82, 2.24) is 19.9 Å². The van der Waals surface area contributed by atoms with E-state index in [0.29, 0.717) is 25.1 Å². The first kappa shape index (κ1) is 17.1. The van der Waals surface area contributed by atoms with Gasteiger partial charge in [-0.1, -0.05) is 17.3 Å². The first-order valence-corrected chi connectivity index (χ1v) is 8.34. The molecule has 1 fully saturated rings. The van der Waals surface area contributed by atoms with Gasteiger partial charge >= 0.3 is 5.97 Å². The van der Waals surface area contributed by atoms with Crippen molar-refractivity contribution in [2.45, 2.75) is 33.6 Å². The molecule has 1 unspecified atom stereocenters. The summed E-state index contributed by atoms with van der Waals surface area (Å²) < 4.78 is 1.64. The van der Waals surface area contributed by atoms with Crippen molar-refractivity contribution in [2.24, 2.45) is 5.41 Å². The van der Waals surface area contributed by atoms with Crippen LogP contribution in [0.2, 0.25) is 0 Å². The second kappa shape index (κ2) is 6.31. The van der Waals surface area contributed by atoms with E-state index >= 15 is 0 Å². The number of rotatable bonds is 3. The van der Waals surface area contributed by atoms with Crippen LogP contribution in [0, 0.1) is 19.3 Å². The maximum atomic E-state index is 12.9. The smallest absolute Gasteiger partial charge is 0.311 e. The molecule has 1 N–H and O–H groups in total. The van der Waals surface area contributed by atoms with Gasteiger partial charge in [-0.25, -0.2) is 4.68 Å². The Morgan fingerprint density at radius 1 is 1.28 bits per heavy atom. The summed E-state index contributed by atoms with van der Waals surface area (Å²) in [7, 11) is 0. The van der Waals surface area contributed by atoms with Gasteiger partial charge in [0.2, 0.25) is 0 Å². The number of carboxylic acid groups (broad SMARTS) is 1. The van der Waals surface area contributed by atoms with E-state index in [1.807, 2.05) is 31.2 Å². The number of hydrogen-bond donors (Lipinski definition) is 1. The van der Waals surface area contributed by atoms with E-state index in [4.69, 9.17) is 0 Å². The van der Waals surface area contributed by atoms with Crippen LogP contribution in [0.1, 0.15) is 41.5 Å². The van der Waals surface area contributed by atoms with E-state index in [1.54, 1.807) is 23.4 Å². The predicted octanol–water partition coefficient (Wildman–Crippen LogP) is 2.21.